The van der Waals surface area contributed by atoms with E-state index >= 15 is 0 Å². The molecule has 1 aromatic carbocycles. The molecule has 0 radical (unpaired) electrons. The molecule has 0 saturated heterocycles. The van der Waals surface area contributed by atoms with E-state index in [9.17, 15) is 0 Å². The zero-order valence-corrected chi connectivity index (χ0v) is 12.5. The van der Waals surface area contributed by atoms with Gasteiger partial charge in [-0.25, -0.2) is 4.98 Å². The number of ether oxygens (including phenoxy) is 1. The van der Waals surface area contributed by atoms with Crippen molar-refractivity contribution in [3.63, 3.8) is 0 Å². The summed E-state index contributed by atoms with van der Waals surface area (Å²) in [6.45, 7) is 0.783. The number of rotatable bonds is 4. The molecule has 0 spiro atoms. The molecule has 0 amide bonds. The molecule has 0 aliphatic carbocycles. The molecule has 0 saturated carbocycles. The van der Waals surface area contributed by atoms with E-state index in [0.717, 1.165) is 34.1 Å². The van der Waals surface area contributed by atoms with Gasteiger partial charge in [0.15, 0.2) is 0 Å². The lowest BCUT2D eigenvalue weighted by Crippen LogP contribution is -2.05. The maximum Gasteiger partial charge on any atom is 0.201 e. The number of hydrogen-bond donors (Lipinski definition) is 1. The molecule has 2 aromatic heterocycles. The van der Waals surface area contributed by atoms with Gasteiger partial charge in [0.1, 0.15) is 5.75 Å². The topological polar surface area (TPSA) is 53.1 Å². The van der Waals surface area contributed by atoms with Gasteiger partial charge in [-0.05, 0) is 30.7 Å². The highest BCUT2D eigenvalue weighted by Gasteiger charge is 2.09. The highest BCUT2D eigenvalue weighted by atomic mass is 35.5. The Morgan fingerprint density at radius 1 is 1.35 bits per heavy atom. The lowest BCUT2D eigenvalue weighted by molar-refractivity contribution is 0.415. The minimum Gasteiger partial charge on any atom is -0.497 e. The van der Waals surface area contributed by atoms with Crippen LogP contribution in [0.15, 0.2) is 30.3 Å². The number of imidazole rings is 1. The van der Waals surface area contributed by atoms with E-state index in [1.165, 1.54) is 4.88 Å². The third kappa shape index (κ3) is 2.46. The number of nitrogens with zero attached hydrogens (tertiary/aromatic N) is 2. The van der Waals surface area contributed by atoms with Crippen molar-refractivity contribution in [3.8, 4) is 5.75 Å². The van der Waals surface area contributed by atoms with Crippen LogP contribution < -0.4 is 10.5 Å². The molecule has 4 nitrogen and oxygen atoms in total. The summed E-state index contributed by atoms with van der Waals surface area (Å²) in [6.07, 6.45) is 0.888. The summed E-state index contributed by atoms with van der Waals surface area (Å²) in [7, 11) is 1.64. The van der Waals surface area contributed by atoms with Crippen molar-refractivity contribution >= 4 is 39.9 Å². The molecule has 20 heavy (non-hydrogen) atoms. The van der Waals surface area contributed by atoms with Crippen molar-refractivity contribution in [1.82, 2.24) is 9.55 Å². The quantitative estimate of drug-likeness (QED) is 0.801. The number of methoxy groups -OCH3 is 1. The van der Waals surface area contributed by atoms with Gasteiger partial charge in [-0.2, -0.15) is 0 Å². The van der Waals surface area contributed by atoms with Crippen molar-refractivity contribution in [2.75, 3.05) is 12.8 Å². The Labute approximate surface area is 125 Å². The van der Waals surface area contributed by atoms with Crippen LogP contribution in [0.5, 0.6) is 5.75 Å². The van der Waals surface area contributed by atoms with Crippen molar-refractivity contribution in [2.45, 2.75) is 13.0 Å². The van der Waals surface area contributed by atoms with E-state index in [4.69, 9.17) is 22.1 Å². The molecular formula is C14H14ClN3OS. The number of thiophene rings is 1. The summed E-state index contributed by atoms with van der Waals surface area (Å²) in [5, 5.41) is 0. The molecule has 6 heteroatoms. The molecule has 104 valence electrons. The Morgan fingerprint density at radius 2 is 2.20 bits per heavy atom. The Balaban J connectivity index is 1.89. The summed E-state index contributed by atoms with van der Waals surface area (Å²) >= 11 is 7.54. The van der Waals surface area contributed by atoms with Gasteiger partial charge in [0, 0.05) is 17.5 Å². The first-order valence-electron chi connectivity index (χ1n) is 6.21. The van der Waals surface area contributed by atoms with Crippen LogP contribution in [-0.2, 0) is 13.0 Å². The fourth-order valence-electron chi connectivity index (χ4n) is 2.20. The van der Waals surface area contributed by atoms with Crippen molar-refractivity contribution < 1.29 is 4.74 Å². The van der Waals surface area contributed by atoms with Crippen LogP contribution in [0.4, 0.5) is 5.95 Å². The normalized spacial score (nSPS) is 11.1. The molecule has 0 unspecified atom stereocenters. The molecule has 0 aliphatic rings. The number of anilines is 1. The van der Waals surface area contributed by atoms with Gasteiger partial charge in [-0.3, -0.25) is 0 Å². The van der Waals surface area contributed by atoms with Crippen LogP contribution in [0, 0.1) is 0 Å². The Morgan fingerprint density at radius 3 is 2.90 bits per heavy atom. The lowest BCUT2D eigenvalue weighted by atomic mass is 10.3. The molecule has 0 aliphatic heterocycles. The predicted molar refractivity (Wildman–Crippen MR) is 83.7 cm³/mol. The Kier molecular flexibility index (Phi) is 3.54. The average Bonchev–Trinajstić information content (AvgIpc) is 2.98. The van der Waals surface area contributed by atoms with Gasteiger partial charge in [0.05, 0.1) is 22.5 Å². The van der Waals surface area contributed by atoms with E-state index in [-0.39, 0.29) is 0 Å². The molecule has 2 heterocycles. The Hall–Kier alpha value is -1.72. The van der Waals surface area contributed by atoms with E-state index in [1.54, 1.807) is 18.4 Å². The average molecular weight is 308 g/mol. The minimum absolute atomic E-state index is 0.524. The Bertz CT molecular complexity index is 750. The van der Waals surface area contributed by atoms with Crippen molar-refractivity contribution in [1.29, 1.82) is 0 Å². The van der Waals surface area contributed by atoms with Gasteiger partial charge in [0.2, 0.25) is 5.95 Å². The van der Waals surface area contributed by atoms with Gasteiger partial charge < -0.3 is 15.0 Å². The zero-order chi connectivity index (χ0) is 14.1. The van der Waals surface area contributed by atoms with Crippen LogP contribution in [0.3, 0.4) is 0 Å². The second-order valence-corrected chi connectivity index (χ2v) is 6.23. The van der Waals surface area contributed by atoms with Gasteiger partial charge in [-0.15, -0.1) is 11.3 Å². The number of halogens is 1. The largest absolute Gasteiger partial charge is 0.497 e. The smallest absolute Gasteiger partial charge is 0.201 e. The van der Waals surface area contributed by atoms with Crippen LogP contribution in [0.25, 0.3) is 11.0 Å². The van der Waals surface area contributed by atoms with Crippen LogP contribution in [-0.4, -0.2) is 16.7 Å². The predicted octanol–water partition coefficient (Wildman–Crippen LogP) is 3.58. The first-order valence-corrected chi connectivity index (χ1v) is 7.41. The van der Waals surface area contributed by atoms with E-state index in [2.05, 4.69) is 4.98 Å². The van der Waals surface area contributed by atoms with Gasteiger partial charge in [0.25, 0.3) is 0 Å². The number of aromatic nitrogens is 2. The fraction of sp³-hybridized carbons (Fsp3) is 0.214. The van der Waals surface area contributed by atoms with Gasteiger partial charge >= 0.3 is 0 Å². The highest BCUT2D eigenvalue weighted by Crippen LogP contribution is 2.25. The highest BCUT2D eigenvalue weighted by molar-refractivity contribution is 7.16. The minimum atomic E-state index is 0.524. The molecule has 0 bridgehead atoms. The second kappa shape index (κ2) is 5.34. The van der Waals surface area contributed by atoms with Crippen molar-refractivity contribution in [3.05, 3.63) is 39.5 Å². The number of fused-ring (bicyclic) bond motifs is 1. The molecule has 0 fully saturated rings. The number of aryl methyl sites for hydroxylation is 2. The molecular weight excluding hydrogens is 294 g/mol. The van der Waals surface area contributed by atoms with Crippen molar-refractivity contribution in [2.24, 2.45) is 0 Å². The molecule has 3 rings (SSSR count). The standard InChI is InChI=1S/C14H14ClN3OS/c1-19-9-2-4-12-11(8-9)17-14(16)18(12)7-6-10-3-5-13(15)20-10/h2-5,8H,6-7H2,1H3,(H2,16,17). The first-order chi connectivity index (χ1) is 9.67. The summed E-state index contributed by atoms with van der Waals surface area (Å²) in [5.41, 5.74) is 7.87. The van der Waals surface area contributed by atoms with Crippen LogP contribution in [0.1, 0.15) is 4.88 Å². The van der Waals surface area contributed by atoms with Crippen LogP contribution in [0.2, 0.25) is 4.34 Å². The SMILES string of the molecule is COc1ccc2c(c1)nc(N)n2CCc1ccc(Cl)s1. The molecule has 0 atom stereocenters. The van der Waals surface area contributed by atoms with E-state index < -0.39 is 0 Å². The maximum absolute atomic E-state index is 6.00. The number of nitrogens with two attached hydrogens (primary N) is 1. The number of benzene rings is 1. The first kappa shape index (κ1) is 13.3. The van der Waals surface area contributed by atoms with E-state index in [1.807, 2.05) is 34.9 Å². The van der Waals surface area contributed by atoms with E-state index in [0.29, 0.717) is 5.95 Å². The third-order valence-electron chi connectivity index (χ3n) is 3.20. The second-order valence-electron chi connectivity index (χ2n) is 4.43. The van der Waals surface area contributed by atoms with Crippen LogP contribution >= 0.6 is 22.9 Å². The molecule has 3 aromatic rings. The fourth-order valence-corrected chi connectivity index (χ4v) is 3.27. The zero-order valence-electron chi connectivity index (χ0n) is 11.0. The monoisotopic (exact) mass is 307 g/mol. The van der Waals surface area contributed by atoms with Gasteiger partial charge in [-0.1, -0.05) is 11.6 Å². The summed E-state index contributed by atoms with van der Waals surface area (Å²) in [4.78, 5) is 5.62. The molecule has 2 N–H and O–H groups in total. The lowest BCUT2D eigenvalue weighted by Gasteiger charge is -2.05. The third-order valence-corrected chi connectivity index (χ3v) is 4.49. The summed E-state index contributed by atoms with van der Waals surface area (Å²) < 4.78 is 8.03. The number of nitrogen functional groups attached to an aromatic ring is 1. The summed E-state index contributed by atoms with van der Waals surface area (Å²) in [6, 6.07) is 9.76. The maximum atomic E-state index is 6.00. The number of hydrogen-bond acceptors (Lipinski definition) is 4. The summed E-state index contributed by atoms with van der Waals surface area (Å²) in [5.74, 6) is 1.31.